The van der Waals surface area contributed by atoms with Gasteiger partial charge >= 0.3 is 0 Å². The fraction of sp³-hybridized carbons (Fsp3) is 0.188. The van der Waals surface area contributed by atoms with Crippen molar-refractivity contribution in [3.8, 4) is 16.5 Å². The Morgan fingerprint density at radius 1 is 1.38 bits per heavy atom. The molecule has 6 nitrogen and oxygen atoms in total. The van der Waals surface area contributed by atoms with Crippen LogP contribution in [0.15, 0.2) is 41.8 Å². The van der Waals surface area contributed by atoms with Gasteiger partial charge in [-0.05, 0) is 42.7 Å². The number of aromatic amines is 1. The first-order chi connectivity index (χ1) is 11.6. The molecular formula is C16H16N4O2S2. The summed E-state index contributed by atoms with van der Waals surface area (Å²) in [5.41, 5.74) is 0.615. The number of rotatable bonds is 5. The third kappa shape index (κ3) is 3.10. The average Bonchev–Trinajstić information content (AvgIpc) is 3.24. The lowest BCUT2D eigenvalue weighted by atomic mass is 10.2. The number of hydrogen-bond donors (Lipinski definition) is 2. The van der Waals surface area contributed by atoms with E-state index in [0.717, 1.165) is 4.88 Å². The van der Waals surface area contributed by atoms with Gasteiger partial charge < -0.3 is 10.1 Å². The minimum absolute atomic E-state index is 0.199. The van der Waals surface area contributed by atoms with Crippen molar-refractivity contribution in [1.29, 1.82) is 0 Å². The van der Waals surface area contributed by atoms with E-state index < -0.39 is 6.04 Å². The number of amides is 1. The fourth-order valence-electron chi connectivity index (χ4n) is 2.35. The molecule has 0 saturated carbocycles. The molecule has 0 aliphatic rings. The van der Waals surface area contributed by atoms with Gasteiger partial charge in [-0.25, -0.2) is 0 Å². The van der Waals surface area contributed by atoms with Gasteiger partial charge in [0.15, 0.2) is 10.6 Å². The SMILES string of the molecule is COc1ccccc1NC(=O)[C@@H](C)n1c(-c2cccs2)n[nH]c1=S. The van der Waals surface area contributed by atoms with Crippen molar-refractivity contribution >= 4 is 35.1 Å². The number of nitrogens with zero attached hydrogens (tertiary/aromatic N) is 2. The van der Waals surface area contributed by atoms with Crippen molar-refractivity contribution in [3.63, 3.8) is 0 Å². The van der Waals surface area contributed by atoms with Gasteiger partial charge in [0.2, 0.25) is 5.91 Å². The number of benzene rings is 1. The number of ether oxygens (including phenoxy) is 1. The van der Waals surface area contributed by atoms with E-state index in [1.54, 1.807) is 42.1 Å². The van der Waals surface area contributed by atoms with E-state index in [4.69, 9.17) is 17.0 Å². The molecule has 1 amide bonds. The van der Waals surface area contributed by atoms with Crippen LogP contribution in [0.5, 0.6) is 5.75 Å². The Kier molecular flexibility index (Phi) is 4.77. The van der Waals surface area contributed by atoms with Crippen LogP contribution in [-0.2, 0) is 4.79 Å². The molecule has 1 atom stereocenters. The Morgan fingerprint density at radius 2 is 2.17 bits per heavy atom. The highest BCUT2D eigenvalue weighted by atomic mass is 32.1. The number of nitrogens with one attached hydrogen (secondary N) is 2. The topological polar surface area (TPSA) is 71.9 Å². The Bertz CT molecular complexity index is 899. The second-order valence-electron chi connectivity index (χ2n) is 5.07. The molecule has 124 valence electrons. The number of anilines is 1. The Labute approximate surface area is 148 Å². The number of H-pyrrole nitrogens is 1. The van der Waals surface area contributed by atoms with Crippen LogP contribution in [0.2, 0.25) is 0 Å². The van der Waals surface area contributed by atoms with E-state index in [0.29, 0.717) is 22.0 Å². The Morgan fingerprint density at radius 3 is 2.88 bits per heavy atom. The first-order valence-corrected chi connectivity index (χ1v) is 8.55. The summed E-state index contributed by atoms with van der Waals surface area (Å²) in [6.45, 7) is 1.78. The summed E-state index contributed by atoms with van der Waals surface area (Å²) in [6, 6.07) is 10.6. The molecule has 2 N–H and O–H groups in total. The maximum Gasteiger partial charge on any atom is 0.247 e. The molecule has 8 heteroatoms. The van der Waals surface area contributed by atoms with Gasteiger partial charge in [-0.15, -0.1) is 11.3 Å². The van der Waals surface area contributed by atoms with Crippen LogP contribution in [0, 0.1) is 4.77 Å². The number of thiophene rings is 1. The predicted octanol–water partition coefficient (Wildman–Crippen LogP) is 3.88. The van der Waals surface area contributed by atoms with Crippen LogP contribution in [0.4, 0.5) is 5.69 Å². The molecule has 3 rings (SSSR count). The van der Waals surface area contributed by atoms with E-state index in [2.05, 4.69) is 15.5 Å². The van der Waals surface area contributed by atoms with Gasteiger partial charge in [0, 0.05) is 0 Å². The molecule has 0 radical (unpaired) electrons. The Balaban J connectivity index is 1.90. The number of carbonyl (C=O) groups is 1. The smallest absolute Gasteiger partial charge is 0.247 e. The monoisotopic (exact) mass is 360 g/mol. The summed E-state index contributed by atoms with van der Waals surface area (Å²) in [4.78, 5) is 13.6. The van der Waals surface area contributed by atoms with E-state index in [-0.39, 0.29) is 5.91 Å². The lowest BCUT2D eigenvalue weighted by Gasteiger charge is -2.16. The van der Waals surface area contributed by atoms with E-state index in [1.165, 1.54) is 0 Å². The van der Waals surface area contributed by atoms with Gasteiger partial charge in [0.25, 0.3) is 0 Å². The number of para-hydroxylation sites is 2. The van der Waals surface area contributed by atoms with Crippen molar-refractivity contribution in [3.05, 3.63) is 46.5 Å². The summed E-state index contributed by atoms with van der Waals surface area (Å²) in [6.07, 6.45) is 0. The van der Waals surface area contributed by atoms with Crippen LogP contribution in [0.25, 0.3) is 10.7 Å². The lowest BCUT2D eigenvalue weighted by molar-refractivity contribution is -0.118. The highest BCUT2D eigenvalue weighted by Crippen LogP contribution is 2.27. The summed E-state index contributed by atoms with van der Waals surface area (Å²) < 4.78 is 7.38. The van der Waals surface area contributed by atoms with E-state index in [9.17, 15) is 4.79 Å². The van der Waals surface area contributed by atoms with Crippen LogP contribution >= 0.6 is 23.6 Å². The minimum Gasteiger partial charge on any atom is -0.495 e. The molecule has 0 saturated heterocycles. The fourth-order valence-corrected chi connectivity index (χ4v) is 3.35. The molecule has 24 heavy (non-hydrogen) atoms. The summed E-state index contributed by atoms with van der Waals surface area (Å²) in [7, 11) is 1.56. The van der Waals surface area contributed by atoms with Crippen molar-refractivity contribution < 1.29 is 9.53 Å². The first-order valence-electron chi connectivity index (χ1n) is 7.26. The minimum atomic E-state index is -0.529. The second kappa shape index (κ2) is 6.98. The van der Waals surface area contributed by atoms with E-state index >= 15 is 0 Å². The van der Waals surface area contributed by atoms with E-state index in [1.807, 2.05) is 29.6 Å². The molecule has 0 bridgehead atoms. The predicted molar refractivity (Wildman–Crippen MR) is 97.1 cm³/mol. The molecule has 2 heterocycles. The Hall–Kier alpha value is -2.45. The lowest BCUT2D eigenvalue weighted by Crippen LogP contribution is -2.24. The highest BCUT2D eigenvalue weighted by Gasteiger charge is 2.22. The maximum absolute atomic E-state index is 12.7. The van der Waals surface area contributed by atoms with Crippen molar-refractivity contribution in [2.45, 2.75) is 13.0 Å². The maximum atomic E-state index is 12.7. The normalized spacial score (nSPS) is 11.9. The average molecular weight is 360 g/mol. The largest absolute Gasteiger partial charge is 0.495 e. The molecular weight excluding hydrogens is 344 g/mol. The molecule has 0 unspecified atom stereocenters. The third-order valence-electron chi connectivity index (χ3n) is 3.58. The zero-order chi connectivity index (χ0) is 17.1. The van der Waals surface area contributed by atoms with Crippen LogP contribution in [-0.4, -0.2) is 27.8 Å². The van der Waals surface area contributed by atoms with Crippen LogP contribution < -0.4 is 10.1 Å². The highest BCUT2D eigenvalue weighted by molar-refractivity contribution is 7.71. The quantitative estimate of drug-likeness (QED) is 0.678. The number of aromatic nitrogens is 3. The summed E-state index contributed by atoms with van der Waals surface area (Å²) in [5.74, 6) is 1.06. The van der Waals surface area contributed by atoms with Gasteiger partial charge in [0.05, 0.1) is 17.7 Å². The summed E-state index contributed by atoms with van der Waals surface area (Å²) >= 11 is 6.84. The zero-order valence-electron chi connectivity index (χ0n) is 13.1. The number of carbonyl (C=O) groups excluding carboxylic acids is 1. The van der Waals surface area contributed by atoms with Gasteiger partial charge in [-0.2, -0.15) is 5.10 Å². The zero-order valence-corrected chi connectivity index (χ0v) is 14.8. The van der Waals surface area contributed by atoms with Crippen molar-refractivity contribution in [1.82, 2.24) is 14.8 Å². The number of methoxy groups -OCH3 is 1. The third-order valence-corrected chi connectivity index (χ3v) is 4.73. The standard InChI is InChI=1S/C16H16N4O2S2/c1-10(15(21)17-11-6-3-4-7-12(11)22-2)20-14(18-19-16(20)23)13-8-5-9-24-13/h3-10H,1-2H3,(H,17,21)(H,19,23)/t10-/m1/s1. The van der Waals surface area contributed by atoms with Crippen LogP contribution in [0.3, 0.4) is 0 Å². The van der Waals surface area contributed by atoms with Crippen molar-refractivity contribution in [2.24, 2.45) is 0 Å². The molecule has 0 spiro atoms. The molecule has 1 aromatic carbocycles. The molecule has 0 aliphatic heterocycles. The van der Waals surface area contributed by atoms with Crippen LogP contribution in [0.1, 0.15) is 13.0 Å². The van der Waals surface area contributed by atoms with Gasteiger partial charge in [0.1, 0.15) is 11.8 Å². The first kappa shape index (κ1) is 16.4. The number of hydrogen-bond acceptors (Lipinski definition) is 5. The molecule has 2 aromatic heterocycles. The molecule has 0 aliphatic carbocycles. The molecule has 0 fully saturated rings. The van der Waals surface area contributed by atoms with Gasteiger partial charge in [-0.1, -0.05) is 18.2 Å². The van der Waals surface area contributed by atoms with Gasteiger partial charge in [-0.3, -0.25) is 14.5 Å². The van der Waals surface area contributed by atoms with Crippen molar-refractivity contribution in [2.75, 3.05) is 12.4 Å². The second-order valence-corrected chi connectivity index (χ2v) is 6.40. The molecule has 3 aromatic rings. The summed E-state index contributed by atoms with van der Waals surface area (Å²) in [5, 5.41) is 11.9.